The topological polar surface area (TPSA) is 29.5 Å². The van der Waals surface area contributed by atoms with Gasteiger partial charge in [0.2, 0.25) is 0 Å². The lowest BCUT2D eigenvalue weighted by molar-refractivity contribution is 0.571. The molecule has 4 aromatic carbocycles. The average molecular weight is 616 g/mol. The second kappa shape index (κ2) is 12.0. The summed E-state index contributed by atoms with van der Waals surface area (Å²) in [6.45, 7) is 23.7. The van der Waals surface area contributed by atoms with Gasteiger partial charge in [0.05, 0.1) is 16.1 Å². The van der Waals surface area contributed by atoms with E-state index in [1.54, 1.807) is 0 Å². The lowest BCUT2D eigenvalue weighted by atomic mass is 9.98. The highest BCUT2D eigenvalue weighted by atomic mass is 31.1. The molecule has 224 valence electrons. The molecule has 0 fully saturated rings. The Morgan fingerprint density at radius 3 is 1.31 bits per heavy atom. The third-order valence-electron chi connectivity index (χ3n) is 10.3. The maximum Gasteiger partial charge on any atom is 0.310 e. The minimum Gasteiger partial charge on any atom is -0.408 e. The van der Waals surface area contributed by atoms with E-state index in [1.165, 1.54) is 66.9 Å². The van der Waals surface area contributed by atoms with E-state index in [-0.39, 0.29) is 12.1 Å². The van der Waals surface area contributed by atoms with Crippen molar-refractivity contribution in [2.24, 2.45) is 0 Å². The fourth-order valence-corrected chi connectivity index (χ4v) is 13.6. The highest BCUT2D eigenvalue weighted by Gasteiger charge is 2.34. The van der Waals surface area contributed by atoms with Crippen LogP contribution in [0.15, 0.2) is 69.1 Å². The molecule has 1 heterocycles. The van der Waals surface area contributed by atoms with Crippen molar-refractivity contribution in [3.05, 3.63) is 60.7 Å². The SMILES string of the molecule is CC[Si](C)(CC)c1cc2ccccc2c2c1op(N(C(C)C)C(C)C)oc1c([Si](C)(CC)CC)cc3ccccc3c12. The van der Waals surface area contributed by atoms with Gasteiger partial charge in [0, 0.05) is 22.9 Å². The maximum atomic E-state index is 7.42. The van der Waals surface area contributed by atoms with Crippen molar-refractivity contribution in [2.75, 3.05) is 4.67 Å². The maximum absolute atomic E-state index is 7.42. The highest BCUT2D eigenvalue weighted by Crippen LogP contribution is 2.44. The van der Waals surface area contributed by atoms with Crippen LogP contribution in [0.3, 0.4) is 0 Å². The molecule has 0 saturated heterocycles. The third kappa shape index (κ3) is 5.11. The van der Waals surface area contributed by atoms with E-state index in [0.717, 1.165) is 11.2 Å². The molecule has 0 unspecified atom stereocenters. The molecular weight excluding hydrogens is 566 g/mol. The number of rotatable bonds is 9. The molecule has 5 rings (SSSR count). The van der Waals surface area contributed by atoms with Gasteiger partial charge in [-0.2, -0.15) is 4.67 Å². The Morgan fingerprint density at radius 2 is 0.976 bits per heavy atom. The van der Waals surface area contributed by atoms with Crippen LogP contribution in [0.2, 0.25) is 37.3 Å². The number of benzene rings is 4. The van der Waals surface area contributed by atoms with Gasteiger partial charge in [0.1, 0.15) is 11.2 Å². The smallest absolute Gasteiger partial charge is 0.310 e. The molecule has 0 spiro atoms. The second-order valence-electron chi connectivity index (χ2n) is 13.2. The quantitative estimate of drug-likeness (QED) is 0.155. The summed E-state index contributed by atoms with van der Waals surface area (Å²) in [4.78, 5) is 0. The first-order valence-electron chi connectivity index (χ1n) is 16.1. The van der Waals surface area contributed by atoms with E-state index < -0.39 is 24.3 Å². The summed E-state index contributed by atoms with van der Waals surface area (Å²) in [6, 6.07) is 28.2. The van der Waals surface area contributed by atoms with Crippen molar-refractivity contribution in [3.63, 3.8) is 0 Å². The van der Waals surface area contributed by atoms with Crippen LogP contribution in [-0.2, 0) is 0 Å². The molecule has 0 amide bonds. The van der Waals surface area contributed by atoms with Gasteiger partial charge >= 0.3 is 8.16 Å². The Hall–Kier alpha value is -2.31. The average Bonchev–Trinajstić information content (AvgIpc) is 3.16. The first-order valence-corrected chi connectivity index (χ1v) is 23.1. The minimum atomic E-state index is -1.84. The van der Waals surface area contributed by atoms with Crippen molar-refractivity contribution in [1.82, 2.24) is 0 Å². The van der Waals surface area contributed by atoms with Crippen LogP contribution < -0.4 is 15.0 Å². The number of nitrogens with zero attached hydrogens (tertiary/aromatic N) is 1. The van der Waals surface area contributed by atoms with E-state index in [9.17, 15) is 0 Å². The molecule has 0 bridgehead atoms. The standard InChI is InChI=1S/C36H50NO2PSi2/c1-11-41(9,12-2)31-23-27-19-15-17-21-29(27)33-34-30-22-18-16-20-28(30)24-32(42(10,13-3)14-4)36(34)39-40(38-35(31)33)37(25(5)6)26(7)8/h15-26H,11-14H2,1-10H3. The number of hydrogen-bond acceptors (Lipinski definition) is 3. The van der Waals surface area contributed by atoms with E-state index >= 15 is 0 Å². The predicted octanol–water partition coefficient (Wildman–Crippen LogP) is 11.0. The van der Waals surface area contributed by atoms with Crippen molar-refractivity contribution in [1.29, 1.82) is 0 Å². The Kier molecular flexibility index (Phi) is 8.89. The van der Waals surface area contributed by atoms with Crippen molar-refractivity contribution in [3.8, 4) is 0 Å². The molecule has 0 aliphatic carbocycles. The van der Waals surface area contributed by atoms with E-state index in [4.69, 9.17) is 8.39 Å². The summed E-state index contributed by atoms with van der Waals surface area (Å²) < 4.78 is 17.3. The van der Waals surface area contributed by atoms with Crippen LogP contribution in [0.5, 0.6) is 0 Å². The number of fused-ring (bicyclic) bond motifs is 7. The monoisotopic (exact) mass is 615 g/mol. The van der Waals surface area contributed by atoms with Gasteiger partial charge in [-0.15, -0.1) is 0 Å². The Morgan fingerprint density at radius 1 is 0.619 bits per heavy atom. The molecule has 0 saturated carbocycles. The zero-order chi connectivity index (χ0) is 30.4. The van der Waals surface area contributed by atoms with Gasteiger partial charge in [0.15, 0.2) is 0 Å². The first kappa shape index (κ1) is 31.1. The highest BCUT2D eigenvalue weighted by molar-refractivity contribution is 7.39. The van der Waals surface area contributed by atoms with Crippen LogP contribution in [0.25, 0.3) is 43.5 Å². The fourth-order valence-electron chi connectivity index (χ4n) is 6.74. The zero-order valence-corrected chi connectivity index (χ0v) is 30.4. The summed E-state index contributed by atoms with van der Waals surface area (Å²) in [5, 5.41) is 10.5. The van der Waals surface area contributed by atoms with E-state index in [2.05, 4.69) is 134 Å². The molecule has 6 heteroatoms. The largest absolute Gasteiger partial charge is 0.408 e. The lowest BCUT2D eigenvalue weighted by Gasteiger charge is -2.28. The van der Waals surface area contributed by atoms with E-state index in [0.29, 0.717) is 0 Å². The Labute approximate surface area is 255 Å². The molecule has 0 aliphatic rings. The first-order chi connectivity index (χ1) is 20.0. The molecule has 0 radical (unpaired) electrons. The van der Waals surface area contributed by atoms with Gasteiger partial charge in [-0.05, 0) is 59.6 Å². The van der Waals surface area contributed by atoms with Gasteiger partial charge in [-0.25, -0.2) is 0 Å². The zero-order valence-electron chi connectivity index (χ0n) is 27.5. The molecule has 42 heavy (non-hydrogen) atoms. The summed E-state index contributed by atoms with van der Waals surface area (Å²) in [7, 11) is -5.08. The summed E-state index contributed by atoms with van der Waals surface area (Å²) in [5.41, 5.74) is 2.17. The van der Waals surface area contributed by atoms with Crippen LogP contribution in [-0.4, -0.2) is 28.2 Å². The lowest BCUT2D eigenvalue weighted by Crippen LogP contribution is -2.43. The van der Waals surface area contributed by atoms with Crippen LogP contribution in [0.1, 0.15) is 55.4 Å². The van der Waals surface area contributed by atoms with Crippen LogP contribution in [0.4, 0.5) is 0 Å². The van der Waals surface area contributed by atoms with Gasteiger partial charge in [-0.1, -0.05) is 126 Å². The minimum absolute atomic E-state index is 0.288. The molecule has 0 atom stereocenters. The van der Waals surface area contributed by atoms with Crippen molar-refractivity contribution >= 4 is 78.2 Å². The van der Waals surface area contributed by atoms with Crippen LogP contribution >= 0.6 is 8.16 Å². The Balaban J connectivity index is 2.23. The number of hydrogen-bond donors (Lipinski definition) is 0. The van der Waals surface area contributed by atoms with Gasteiger partial charge in [0.25, 0.3) is 0 Å². The molecule has 0 aliphatic heterocycles. The second-order valence-corrected chi connectivity index (χ2v) is 24.7. The molecule has 1 aromatic heterocycles. The summed E-state index contributed by atoms with van der Waals surface area (Å²) in [6.07, 6.45) is 0. The van der Waals surface area contributed by atoms with Gasteiger partial charge in [-0.3, -0.25) is 0 Å². The summed E-state index contributed by atoms with van der Waals surface area (Å²) >= 11 is 0. The third-order valence-corrected chi connectivity index (χ3v) is 21.8. The molecule has 0 N–H and O–H groups in total. The fraction of sp³-hybridized carbons (Fsp3) is 0.444. The van der Waals surface area contributed by atoms with Crippen LogP contribution in [0, 0.1) is 0 Å². The normalized spacial score (nSPS) is 13.1. The van der Waals surface area contributed by atoms with Gasteiger partial charge < -0.3 is 8.39 Å². The van der Waals surface area contributed by atoms with Crippen molar-refractivity contribution in [2.45, 2.75) is 105 Å². The molecule has 3 nitrogen and oxygen atoms in total. The Bertz CT molecular complexity index is 1660. The summed E-state index contributed by atoms with van der Waals surface area (Å²) in [5.74, 6) is 0. The van der Waals surface area contributed by atoms with Crippen molar-refractivity contribution < 1.29 is 8.39 Å². The predicted molar refractivity (Wildman–Crippen MR) is 194 cm³/mol. The molecular formula is C36H50NO2PSi2. The van der Waals surface area contributed by atoms with E-state index in [1.807, 2.05) is 0 Å². The molecule has 5 aromatic rings.